The standard InChI is InChI=1S/C49H58ClFN7O5PS2/c1-49(2)17-15-37(44(30-49)34-5-9-38(50)10-6-34)33-55-19-21-56(22-20-55)39-12-14-43(46(28-39)65-41-27-36-16-18-52-47(36)53-32-41)48(59)54-66(62,63)42-13-8-35(45(29-42)58(60)61)7-11-40(31-51)57-23-25-64(3,4)26-24-57/h5-6,8-10,12-14,16,18,27-29,32,40H,3,7,11,15,17,19-26,30-31,33H2,1-2,4H3,(H,52,53)(H,54,59). The van der Waals surface area contributed by atoms with E-state index in [1.54, 1.807) is 18.5 Å². The summed E-state index contributed by atoms with van der Waals surface area (Å²) in [4.78, 5) is 41.1. The number of alkyl halides is 1. The molecule has 2 aliphatic heterocycles. The monoisotopic (exact) mass is 973 g/mol. The van der Waals surface area contributed by atoms with Gasteiger partial charge >= 0.3 is 0 Å². The fourth-order valence-corrected chi connectivity index (χ4v) is 13.1. The van der Waals surface area contributed by atoms with Gasteiger partial charge < -0.3 is 9.88 Å². The lowest BCUT2D eigenvalue weighted by Gasteiger charge is -2.39. The van der Waals surface area contributed by atoms with Gasteiger partial charge in [-0.05, 0) is 116 Å². The Hall–Kier alpha value is -4.50. The summed E-state index contributed by atoms with van der Waals surface area (Å²) >= 11 is 7.56. The van der Waals surface area contributed by atoms with E-state index in [1.807, 2.05) is 36.4 Å². The summed E-state index contributed by atoms with van der Waals surface area (Å²) in [7, 11) is -4.56. The predicted octanol–water partition coefficient (Wildman–Crippen LogP) is 9.85. The number of anilines is 1. The number of amides is 1. The maximum absolute atomic E-state index is 14.2. The van der Waals surface area contributed by atoms with Crippen molar-refractivity contribution in [2.75, 3.05) is 76.4 Å². The van der Waals surface area contributed by atoms with Gasteiger partial charge in [0, 0.05) is 102 Å². The quantitative estimate of drug-likeness (QED) is 0.0591. The van der Waals surface area contributed by atoms with E-state index in [0.717, 1.165) is 110 Å². The van der Waals surface area contributed by atoms with Crippen LogP contribution in [0.15, 0.2) is 105 Å². The highest BCUT2D eigenvalue weighted by Crippen LogP contribution is 2.44. The zero-order valence-electron chi connectivity index (χ0n) is 37.8. The molecule has 0 radical (unpaired) electrons. The Kier molecular flexibility index (Phi) is 14.5. The Morgan fingerprint density at radius 3 is 2.50 bits per heavy atom. The van der Waals surface area contributed by atoms with Gasteiger partial charge in [-0.15, -0.1) is 13.2 Å². The van der Waals surface area contributed by atoms with Crippen molar-refractivity contribution < 1.29 is 22.5 Å². The fraction of sp³-hybridized carbons (Fsp3) is 0.408. The number of allylic oxidation sites excluding steroid dienone is 1. The van der Waals surface area contributed by atoms with Crippen molar-refractivity contribution >= 4 is 80.5 Å². The third-order valence-corrected chi connectivity index (χ3v) is 18.6. The number of aromatic nitrogens is 2. The molecule has 1 amide bonds. The molecule has 0 bridgehead atoms. The number of aromatic amines is 1. The number of benzene rings is 3. The molecular weight excluding hydrogens is 916 g/mol. The normalized spacial score (nSPS) is 18.7. The van der Waals surface area contributed by atoms with Crippen molar-refractivity contribution in [3.63, 3.8) is 0 Å². The van der Waals surface area contributed by atoms with E-state index < -0.39 is 51.0 Å². The van der Waals surface area contributed by atoms with Crippen LogP contribution in [0.2, 0.25) is 5.02 Å². The van der Waals surface area contributed by atoms with Crippen LogP contribution in [-0.4, -0.2) is 123 Å². The van der Waals surface area contributed by atoms with Gasteiger partial charge in [0.25, 0.3) is 21.6 Å². The Balaban J connectivity index is 0.989. The number of fused-ring (bicyclic) bond motifs is 1. The molecule has 2 saturated heterocycles. The molecule has 2 aromatic heterocycles. The van der Waals surface area contributed by atoms with Crippen molar-refractivity contribution in [1.82, 2.24) is 24.5 Å². The first-order valence-electron chi connectivity index (χ1n) is 22.5. The van der Waals surface area contributed by atoms with Crippen LogP contribution in [0, 0.1) is 15.5 Å². The molecule has 8 rings (SSSR count). The predicted molar refractivity (Wildman–Crippen MR) is 268 cm³/mol. The molecule has 66 heavy (non-hydrogen) atoms. The molecule has 2 fully saturated rings. The average molecular weight is 975 g/mol. The lowest BCUT2D eigenvalue weighted by Crippen LogP contribution is -2.47. The second-order valence-corrected chi connectivity index (χ2v) is 26.4. The summed E-state index contributed by atoms with van der Waals surface area (Å²) < 4.78 is 44.1. The van der Waals surface area contributed by atoms with Crippen molar-refractivity contribution in [3.8, 4) is 0 Å². The summed E-state index contributed by atoms with van der Waals surface area (Å²) in [6, 6.07) is 20.7. The third-order valence-electron chi connectivity index (χ3n) is 13.4. The number of rotatable bonds is 15. The summed E-state index contributed by atoms with van der Waals surface area (Å²) in [5.74, 6) is -0.871. The summed E-state index contributed by atoms with van der Waals surface area (Å²) in [6.45, 7) is 10.6. The lowest BCUT2D eigenvalue weighted by atomic mass is 9.72. The molecule has 17 heteroatoms. The minimum absolute atomic E-state index is 0.129. The largest absolute Gasteiger partial charge is 0.369 e. The highest BCUT2D eigenvalue weighted by atomic mass is 35.5. The number of pyridine rings is 1. The number of aryl methyl sites for hydroxylation is 1. The number of hydrogen-bond donors (Lipinski definition) is 2. The van der Waals surface area contributed by atoms with E-state index in [4.69, 9.17) is 11.6 Å². The third kappa shape index (κ3) is 11.4. The highest BCUT2D eigenvalue weighted by molar-refractivity contribution is 7.99. The van der Waals surface area contributed by atoms with Crippen LogP contribution in [-0.2, 0) is 16.4 Å². The van der Waals surface area contributed by atoms with Crippen LogP contribution in [0.3, 0.4) is 0 Å². The minimum Gasteiger partial charge on any atom is -0.369 e. The first kappa shape index (κ1) is 48.0. The topological polar surface area (TPSA) is 145 Å². The van der Waals surface area contributed by atoms with E-state index >= 15 is 0 Å². The second-order valence-electron chi connectivity index (χ2n) is 19.0. The molecule has 5 aromatic rings. The van der Waals surface area contributed by atoms with Crippen LogP contribution < -0.4 is 9.62 Å². The molecule has 2 N–H and O–H groups in total. The maximum Gasteiger partial charge on any atom is 0.273 e. The van der Waals surface area contributed by atoms with Crippen molar-refractivity contribution in [1.29, 1.82) is 0 Å². The summed E-state index contributed by atoms with van der Waals surface area (Å²) in [6.07, 6.45) is 13.5. The number of carbonyl (C=O) groups excluding carboxylic acids is 1. The zero-order valence-corrected chi connectivity index (χ0v) is 41.1. The molecule has 1 aliphatic carbocycles. The molecular formula is C49H58ClFN7O5PS2. The number of piperazine rings is 1. The van der Waals surface area contributed by atoms with E-state index in [-0.39, 0.29) is 17.4 Å². The SMILES string of the molecule is C=P1(C)CCN(C(CF)CCc2ccc(S(=O)(=O)NC(=O)c3ccc(N4CCN(CC5=C(c6ccc(Cl)cc6)CC(C)(C)CC5)CC4)cc3Sc3cnc4[nH]ccc4c3)cc2[N+](=O)[O-])CC1. The number of sulfonamides is 1. The van der Waals surface area contributed by atoms with Crippen LogP contribution in [0.5, 0.6) is 0 Å². The minimum atomic E-state index is -4.56. The van der Waals surface area contributed by atoms with Crippen molar-refractivity contribution in [2.45, 2.75) is 66.7 Å². The Morgan fingerprint density at radius 2 is 1.79 bits per heavy atom. The van der Waals surface area contributed by atoms with Crippen LogP contribution in [0.4, 0.5) is 15.8 Å². The van der Waals surface area contributed by atoms with Gasteiger partial charge in [-0.25, -0.2) is 22.5 Å². The van der Waals surface area contributed by atoms with Gasteiger partial charge in [-0.3, -0.25) is 24.7 Å². The molecule has 0 saturated carbocycles. The van der Waals surface area contributed by atoms with E-state index in [1.165, 1.54) is 40.6 Å². The number of nitro benzene ring substituents is 1. The molecule has 350 valence electrons. The number of H-pyrrole nitrogens is 1. The highest BCUT2D eigenvalue weighted by Gasteiger charge is 2.31. The van der Waals surface area contributed by atoms with Gasteiger partial charge in [0.15, 0.2) is 0 Å². The van der Waals surface area contributed by atoms with Gasteiger partial charge in [-0.1, -0.05) is 61.0 Å². The zero-order chi connectivity index (χ0) is 46.8. The second kappa shape index (κ2) is 20.0. The smallest absolute Gasteiger partial charge is 0.273 e. The number of nitrogens with zero attached hydrogens (tertiary/aromatic N) is 5. The van der Waals surface area contributed by atoms with E-state index in [0.29, 0.717) is 16.9 Å². The van der Waals surface area contributed by atoms with Gasteiger partial charge in [0.05, 0.1) is 15.4 Å². The lowest BCUT2D eigenvalue weighted by molar-refractivity contribution is -0.385. The van der Waals surface area contributed by atoms with Gasteiger partial charge in [0.1, 0.15) is 12.3 Å². The number of halogens is 2. The number of nitrogens with one attached hydrogen (secondary N) is 2. The van der Waals surface area contributed by atoms with Crippen LogP contribution >= 0.6 is 30.2 Å². The first-order chi connectivity index (χ1) is 31.5. The summed E-state index contributed by atoms with van der Waals surface area (Å²) in [5.41, 5.74) is 6.01. The molecule has 3 aliphatic rings. The van der Waals surface area contributed by atoms with Crippen molar-refractivity contribution in [2.24, 2.45) is 5.41 Å². The fourth-order valence-electron chi connectivity index (χ4n) is 9.32. The van der Waals surface area contributed by atoms with Gasteiger partial charge in [-0.2, -0.15) is 0 Å². The molecule has 0 spiro atoms. The van der Waals surface area contributed by atoms with E-state index in [2.05, 4.69) is 68.3 Å². The van der Waals surface area contributed by atoms with Gasteiger partial charge in [0.2, 0.25) is 0 Å². The summed E-state index contributed by atoms with van der Waals surface area (Å²) in [5, 5.41) is 13.9. The Bertz CT molecular complexity index is 2800. The molecule has 1 unspecified atom stereocenters. The van der Waals surface area contributed by atoms with Crippen LogP contribution in [0.1, 0.15) is 61.0 Å². The first-order valence-corrected chi connectivity index (χ1v) is 28.0. The van der Waals surface area contributed by atoms with E-state index in [9.17, 15) is 27.7 Å². The maximum atomic E-state index is 14.2. The Morgan fingerprint density at radius 1 is 1.05 bits per heavy atom. The average Bonchev–Trinajstić information content (AvgIpc) is 3.76. The number of hydrogen-bond acceptors (Lipinski definition) is 10. The molecule has 12 nitrogen and oxygen atoms in total. The molecule has 4 heterocycles. The van der Waals surface area contributed by atoms with Crippen molar-refractivity contribution in [3.05, 3.63) is 123 Å². The Labute approximate surface area is 396 Å². The molecule has 3 aromatic carbocycles. The number of nitro groups is 1. The van der Waals surface area contributed by atoms with Crippen LogP contribution in [0.25, 0.3) is 16.6 Å². The molecule has 1 atom stereocenters. The number of carbonyl (C=O) groups is 1.